The van der Waals surface area contributed by atoms with Gasteiger partial charge in [0.2, 0.25) is 0 Å². The molecule has 0 amide bonds. The summed E-state index contributed by atoms with van der Waals surface area (Å²) in [5, 5.41) is 3.37. The Morgan fingerprint density at radius 1 is 0.833 bits per heavy atom. The number of nitrogens with zero attached hydrogens (tertiary/aromatic N) is 1. The molecule has 1 heterocycles. The van der Waals surface area contributed by atoms with E-state index in [4.69, 9.17) is 9.47 Å². The smallest absolute Gasteiger partial charge is 0.355 e. The molecule has 0 radical (unpaired) electrons. The molecule has 0 N–H and O–H groups in total. The van der Waals surface area contributed by atoms with Crippen LogP contribution in [0, 0.1) is 6.92 Å². The second-order valence-corrected chi connectivity index (χ2v) is 9.06. The predicted molar refractivity (Wildman–Crippen MR) is 146 cm³/mol. The van der Waals surface area contributed by atoms with Crippen LogP contribution in [0.3, 0.4) is 0 Å². The third kappa shape index (κ3) is 4.85. The zero-order valence-electron chi connectivity index (χ0n) is 20.9. The summed E-state index contributed by atoms with van der Waals surface area (Å²) in [6, 6.07) is 31.1. The molecule has 36 heavy (non-hydrogen) atoms. The lowest BCUT2D eigenvalue weighted by Crippen LogP contribution is -2.16. The van der Waals surface area contributed by atoms with Gasteiger partial charge >= 0.3 is 5.97 Å². The van der Waals surface area contributed by atoms with Crippen LogP contribution in [0.1, 0.15) is 40.5 Å². The summed E-state index contributed by atoms with van der Waals surface area (Å²) in [7, 11) is 0. The molecular weight excluding hydrogens is 446 g/mol. The molecular formula is C32H31NO3. The number of hydrogen-bond acceptors (Lipinski definition) is 3. The van der Waals surface area contributed by atoms with Crippen LogP contribution >= 0.6 is 0 Å². The highest BCUT2D eigenvalue weighted by atomic mass is 16.5. The SMILES string of the molecule is CCOC(=O)c1c(Cc2ccc(C)cc2)c2ccccc2n1CCCOc1cccc2ccccc12. The highest BCUT2D eigenvalue weighted by Gasteiger charge is 2.23. The second kappa shape index (κ2) is 10.7. The van der Waals surface area contributed by atoms with E-state index in [1.807, 2.05) is 43.3 Å². The third-order valence-electron chi connectivity index (χ3n) is 6.58. The molecule has 5 aromatic rings. The number of hydrogen-bond donors (Lipinski definition) is 0. The Morgan fingerprint density at radius 3 is 2.36 bits per heavy atom. The van der Waals surface area contributed by atoms with E-state index in [-0.39, 0.29) is 5.97 Å². The van der Waals surface area contributed by atoms with Crippen LogP contribution in [-0.2, 0) is 17.7 Å². The van der Waals surface area contributed by atoms with Gasteiger partial charge in [-0.1, -0.05) is 84.4 Å². The number of aryl methyl sites for hydroxylation is 2. The summed E-state index contributed by atoms with van der Waals surface area (Å²) in [6.07, 6.45) is 1.44. The van der Waals surface area contributed by atoms with Gasteiger partial charge in [-0.25, -0.2) is 4.79 Å². The topological polar surface area (TPSA) is 40.5 Å². The van der Waals surface area contributed by atoms with Crippen LogP contribution in [0.2, 0.25) is 0 Å². The van der Waals surface area contributed by atoms with Crippen LogP contribution in [0.25, 0.3) is 21.7 Å². The minimum absolute atomic E-state index is 0.272. The molecule has 0 aliphatic carbocycles. The first-order valence-corrected chi connectivity index (χ1v) is 12.6. The standard InChI is InChI=1S/C32H31NO3/c1-3-35-32(34)31-28(22-24-18-16-23(2)17-19-24)27-13-6-7-14-29(27)33(31)20-9-21-36-30-15-8-11-25-10-4-5-12-26(25)30/h4-8,10-19H,3,9,20-22H2,1-2H3. The zero-order valence-corrected chi connectivity index (χ0v) is 20.9. The van der Waals surface area contributed by atoms with Crippen LogP contribution in [0.5, 0.6) is 5.75 Å². The van der Waals surface area contributed by atoms with E-state index in [1.54, 1.807) is 0 Å². The Kier molecular flexibility index (Phi) is 7.03. The molecule has 0 bridgehead atoms. The molecule has 0 aliphatic rings. The van der Waals surface area contributed by atoms with Gasteiger partial charge in [0.25, 0.3) is 0 Å². The maximum absolute atomic E-state index is 13.2. The minimum atomic E-state index is -0.272. The fourth-order valence-electron chi connectivity index (χ4n) is 4.86. The normalized spacial score (nSPS) is 11.2. The molecule has 0 atom stereocenters. The summed E-state index contributed by atoms with van der Waals surface area (Å²) >= 11 is 0. The van der Waals surface area contributed by atoms with E-state index < -0.39 is 0 Å². The molecule has 0 unspecified atom stereocenters. The van der Waals surface area contributed by atoms with Gasteiger partial charge < -0.3 is 14.0 Å². The van der Waals surface area contributed by atoms with Crippen molar-refractivity contribution in [2.24, 2.45) is 0 Å². The van der Waals surface area contributed by atoms with Gasteiger partial charge in [-0.2, -0.15) is 0 Å². The average Bonchev–Trinajstić information content (AvgIpc) is 3.21. The molecule has 4 nitrogen and oxygen atoms in total. The fraction of sp³-hybridized carbons (Fsp3) is 0.219. The van der Waals surface area contributed by atoms with Gasteiger partial charge in [0.05, 0.1) is 13.2 Å². The molecule has 182 valence electrons. The summed E-state index contributed by atoms with van der Waals surface area (Å²) in [5.41, 5.74) is 5.10. The van der Waals surface area contributed by atoms with E-state index >= 15 is 0 Å². The number of para-hydroxylation sites is 1. The molecule has 5 rings (SSSR count). The lowest BCUT2D eigenvalue weighted by Gasteiger charge is -2.13. The van der Waals surface area contributed by atoms with Crippen molar-refractivity contribution in [1.82, 2.24) is 4.57 Å². The maximum Gasteiger partial charge on any atom is 0.355 e. The van der Waals surface area contributed by atoms with Gasteiger partial charge in [0.15, 0.2) is 0 Å². The van der Waals surface area contributed by atoms with E-state index in [2.05, 4.69) is 66.1 Å². The highest BCUT2D eigenvalue weighted by molar-refractivity contribution is 5.99. The molecule has 1 aromatic heterocycles. The number of aromatic nitrogens is 1. The number of benzene rings is 4. The third-order valence-corrected chi connectivity index (χ3v) is 6.58. The Labute approximate surface area is 212 Å². The first kappa shape index (κ1) is 23.7. The molecule has 0 fully saturated rings. The Morgan fingerprint density at radius 2 is 1.56 bits per heavy atom. The van der Waals surface area contributed by atoms with Crippen molar-refractivity contribution in [3.05, 3.63) is 113 Å². The number of rotatable bonds is 9. The molecule has 0 saturated heterocycles. The Balaban J connectivity index is 1.43. The summed E-state index contributed by atoms with van der Waals surface area (Å²) < 4.78 is 13.8. The van der Waals surface area contributed by atoms with E-state index in [0.29, 0.717) is 31.9 Å². The summed E-state index contributed by atoms with van der Waals surface area (Å²) in [6.45, 7) is 5.49. The van der Waals surface area contributed by atoms with Crippen molar-refractivity contribution in [3.8, 4) is 5.75 Å². The van der Waals surface area contributed by atoms with E-state index in [9.17, 15) is 4.79 Å². The zero-order chi connectivity index (χ0) is 24.9. The number of esters is 1. The van der Waals surface area contributed by atoms with E-state index in [1.165, 1.54) is 11.1 Å². The lowest BCUT2D eigenvalue weighted by atomic mass is 10.0. The number of carbonyl (C=O) groups excluding carboxylic acids is 1. The minimum Gasteiger partial charge on any atom is -0.493 e. The molecule has 4 heteroatoms. The van der Waals surface area contributed by atoms with Crippen molar-refractivity contribution in [2.45, 2.75) is 33.2 Å². The van der Waals surface area contributed by atoms with Gasteiger partial charge in [0, 0.05) is 29.3 Å². The van der Waals surface area contributed by atoms with Crippen molar-refractivity contribution >= 4 is 27.6 Å². The summed E-state index contributed by atoms with van der Waals surface area (Å²) in [5.74, 6) is 0.613. The highest BCUT2D eigenvalue weighted by Crippen LogP contribution is 2.30. The van der Waals surface area contributed by atoms with Gasteiger partial charge in [0.1, 0.15) is 11.4 Å². The first-order chi connectivity index (χ1) is 17.7. The van der Waals surface area contributed by atoms with Crippen molar-refractivity contribution in [3.63, 3.8) is 0 Å². The van der Waals surface area contributed by atoms with Crippen LogP contribution < -0.4 is 4.74 Å². The lowest BCUT2D eigenvalue weighted by molar-refractivity contribution is 0.0512. The molecule has 0 aliphatic heterocycles. The number of carbonyl (C=O) groups is 1. The summed E-state index contributed by atoms with van der Waals surface area (Å²) in [4.78, 5) is 13.2. The van der Waals surface area contributed by atoms with Crippen LogP contribution in [0.15, 0.2) is 91.0 Å². The van der Waals surface area contributed by atoms with Gasteiger partial charge in [-0.05, 0) is 48.9 Å². The molecule has 4 aromatic carbocycles. The quantitative estimate of drug-likeness (QED) is 0.165. The van der Waals surface area contributed by atoms with Crippen LogP contribution in [-0.4, -0.2) is 23.8 Å². The van der Waals surface area contributed by atoms with Crippen molar-refractivity contribution in [2.75, 3.05) is 13.2 Å². The van der Waals surface area contributed by atoms with Crippen LogP contribution in [0.4, 0.5) is 0 Å². The largest absolute Gasteiger partial charge is 0.493 e. The number of ether oxygens (including phenoxy) is 2. The molecule has 0 spiro atoms. The first-order valence-electron chi connectivity index (χ1n) is 12.6. The average molecular weight is 478 g/mol. The monoisotopic (exact) mass is 477 g/mol. The second-order valence-electron chi connectivity index (χ2n) is 9.06. The number of fused-ring (bicyclic) bond motifs is 2. The molecule has 0 saturated carbocycles. The predicted octanol–water partition coefficient (Wildman–Crippen LogP) is 7.34. The fourth-order valence-corrected chi connectivity index (χ4v) is 4.86. The van der Waals surface area contributed by atoms with E-state index in [0.717, 1.165) is 39.4 Å². The van der Waals surface area contributed by atoms with Gasteiger partial charge in [-0.15, -0.1) is 0 Å². The van der Waals surface area contributed by atoms with Gasteiger partial charge in [-0.3, -0.25) is 0 Å². The maximum atomic E-state index is 13.2. The Hall–Kier alpha value is -4.05. The van der Waals surface area contributed by atoms with Crippen molar-refractivity contribution < 1.29 is 14.3 Å². The Bertz CT molecular complexity index is 1490. The van der Waals surface area contributed by atoms with Crippen molar-refractivity contribution in [1.29, 1.82) is 0 Å².